The zero-order valence-corrected chi connectivity index (χ0v) is 9.83. The molecule has 0 aliphatic heterocycles. The minimum absolute atomic E-state index is 0.414. The first-order valence-electron chi connectivity index (χ1n) is 5.73. The van der Waals surface area contributed by atoms with Crippen LogP contribution < -0.4 is 5.73 Å². The molecule has 0 spiro atoms. The molecule has 2 rings (SSSR count). The fraction of sp³-hybridized carbons (Fsp3) is 0.500. The number of hydrogen-bond donors (Lipinski definition) is 2. The van der Waals surface area contributed by atoms with Crippen LogP contribution in [0.5, 0.6) is 0 Å². The van der Waals surface area contributed by atoms with Crippen LogP contribution >= 0.6 is 0 Å². The maximum absolute atomic E-state index is 5.51. The minimum atomic E-state index is 0.414. The summed E-state index contributed by atoms with van der Waals surface area (Å²) in [6, 6.07) is 1.99. The molecule has 0 aliphatic carbocycles. The molecule has 86 valence electrons. The van der Waals surface area contributed by atoms with E-state index in [1.54, 1.807) is 6.20 Å². The molecule has 2 heterocycles. The third kappa shape index (κ3) is 2.07. The van der Waals surface area contributed by atoms with Crippen LogP contribution in [-0.4, -0.2) is 21.5 Å². The number of hydrogen-bond acceptors (Lipinski definition) is 3. The van der Waals surface area contributed by atoms with Crippen LogP contribution in [0.2, 0.25) is 0 Å². The number of aryl methyl sites for hydroxylation is 1. The Hall–Kier alpha value is -1.42. The third-order valence-electron chi connectivity index (χ3n) is 2.93. The number of imidazole rings is 1. The lowest BCUT2D eigenvalue weighted by molar-refractivity contribution is 0.616. The van der Waals surface area contributed by atoms with Gasteiger partial charge in [-0.25, -0.2) is 9.97 Å². The van der Waals surface area contributed by atoms with Crippen molar-refractivity contribution in [1.82, 2.24) is 15.0 Å². The summed E-state index contributed by atoms with van der Waals surface area (Å²) in [6.07, 6.45) is 3.90. The molecule has 0 amide bonds. The summed E-state index contributed by atoms with van der Waals surface area (Å²) in [5.74, 6) is 1.43. The molecular weight excluding hydrogens is 200 g/mol. The van der Waals surface area contributed by atoms with E-state index in [0.717, 1.165) is 36.4 Å². The fourth-order valence-electron chi connectivity index (χ4n) is 1.85. The van der Waals surface area contributed by atoms with Crippen molar-refractivity contribution in [3.8, 4) is 0 Å². The summed E-state index contributed by atoms with van der Waals surface area (Å²) in [5.41, 5.74) is 8.57. The van der Waals surface area contributed by atoms with Gasteiger partial charge in [-0.05, 0) is 37.9 Å². The van der Waals surface area contributed by atoms with E-state index in [0.29, 0.717) is 5.92 Å². The number of fused-ring (bicyclic) bond motifs is 1. The zero-order valence-electron chi connectivity index (χ0n) is 9.83. The highest BCUT2D eigenvalue weighted by Crippen LogP contribution is 2.21. The second kappa shape index (κ2) is 4.61. The molecule has 0 aromatic carbocycles. The number of pyridine rings is 1. The molecule has 0 radical (unpaired) electrons. The number of aromatic nitrogens is 3. The van der Waals surface area contributed by atoms with Crippen molar-refractivity contribution >= 4 is 11.2 Å². The van der Waals surface area contributed by atoms with Gasteiger partial charge in [0.05, 0.1) is 5.52 Å². The zero-order chi connectivity index (χ0) is 11.5. The molecule has 0 fully saturated rings. The first kappa shape index (κ1) is 11.1. The summed E-state index contributed by atoms with van der Waals surface area (Å²) in [4.78, 5) is 12.1. The van der Waals surface area contributed by atoms with Crippen molar-refractivity contribution in [2.45, 2.75) is 32.6 Å². The highest BCUT2D eigenvalue weighted by atomic mass is 15.0. The molecular formula is C12H18N4. The van der Waals surface area contributed by atoms with E-state index in [-0.39, 0.29) is 0 Å². The van der Waals surface area contributed by atoms with E-state index in [9.17, 15) is 0 Å². The maximum atomic E-state index is 5.51. The molecule has 0 saturated carbocycles. The average molecular weight is 218 g/mol. The number of nitrogens with one attached hydrogen (secondary N) is 1. The average Bonchev–Trinajstić information content (AvgIpc) is 2.71. The summed E-state index contributed by atoms with van der Waals surface area (Å²) in [7, 11) is 0. The van der Waals surface area contributed by atoms with E-state index in [4.69, 9.17) is 5.73 Å². The topological polar surface area (TPSA) is 67.6 Å². The van der Waals surface area contributed by atoms with Gasteiger partial charge in [0.15, 0.2) is 5.65 Å². The molecule has 2 aromatic heterocycles. The fourth-order valence-corrected chi connectivity index (χ4v) is 1.85. The first-order valence-corrected chi connectivity index (χ1v) is 5.73. The lowest BCUT2D eigenvalue weighted by atomic mass is 10.1. The number of H-pyrrole nitrogens is 1. The smallest absolute Gasteiger partial charge is 0.177 e. The monoisotopic (exact) mass is 218 g/mol. The SMILES string of the molecule is Cc1ccnc2nc(C(C)CCCN)[nH]c12. The van der Waals surface area contributed by atoms with Gasteiger partial charge in [-0.2, -0.15) is 0 Å². The summed E-state index contributed by atoms with van der Waals surface area (Å²) in [6.45, 7) is 4.97. The van der Waals surface area contributed by atoms with Gasteiger partial charge in [0.25, 0.3) is 0 Å². The molecule has 0 bridgehead atoms. The molecule has 1 atom stereocenters. The Bertz CT molecular complexity index is 475. The highest BCUT2D eigenvalue weighted by molar-refractivity contribution is 5.74. The number of aromatic amines is 1. The molecule has 16 heavy (non-hydrogen) atoms. The van der Waals surface area contributed by atoms with E-state index >= 15 is 0 Å². The van der Waals surface area contributed by atoms with Crippen LogP contribution in [0.3, 0.4) is 0 Å². The van der Waals surface area contributed by atoms with Crippen LogP contribution in [0.4, 0.5) is 0 Å². The molecule has 4 nitrogen and oxygen atoms in total. The Kier molecular flexibility index (Phi) is 3.19. The van der Waals surface area contributed by atoms with Crippen molar-refractivity contribution in [1.29, 1.82) is 0 Å². The van der Waals surface area contributed by atoms with Crippen molar-refractivity contribution in [2.75, 3.05) is 6.54 Å². The lowest BCUT2D eigenvalue weighted by Crippen LogP contribution is -2.03. The van der Waals surface area contributed by atoms with Gasteiger partial charge < -0.3 is 10.7 Å². The van der Waals surface area contributed by atoms with Gasteiger partial charge in [-0.15, -0.1) is 0 Å². The van der Waals surface area contributed by atoms with E-state index < -0.39 is 0 Å². The summed E-state index contributed by atoms with van der Waals surface area (Å²) >= 11 is 0. The third-order valence-corrected chi connectivity index (χ3v) is 2.93. The van der Waals surface area contributed by atoms with Gasteiger partial charge in [0, 0.05) is 12.1 Å². The predicted octanol–water partition coefficient (Wildman–Crippen LogP) is 2.11. The van der Waals surface area contributed by atoms with Gasteiger partial charge in [-0.1, -0.05) is 6.92 Å². The molecule has 4 heteroatoms. The van der Waals surface area contributed by atoms with E-state index in [1.807, 2.05) is 6.07 Å². The van der Waals surface area contributed by atoms with Crippen molar-refractivity contribution in [3.63, 3.8) is 0 Å². The number of nitrogens with zero attached hydrogens (tertiary/aromatic N) is 2. The molecule has 1 unspecified atom stereocenters. The van der Waals surface area contributed by atoms with Crippen molar-refractivity contribution in [3.05, 3.63) is 23.7 Å². The van der Waals surface area contributed by atoms with Crippen LogP contribution in [0.1, 0.15) is 37.1 Å². The van der Waals surface area contributed by atoms with Crippen molar-refractivity contribution < 1.29 is 0 Å². The quantitative estimate of drug-likeness (QED) is 0.825. The molecule has 3 N–H and O–H groups in total. The highest BCUT2D eigenvalue weighted by Gasteiger charge is 2.11. The number of nitrogens with two attached hydrogens (primary N) is 1. The van der Waals surface area contributed by atoms with Crippen LogP contribution in [-0.2, 0) is 0 Å². The lowest BCUT2D eigenvalue weighted by Gasteiger charge is -2.06. The van der Waals surface area contributed by atoms with Gasteiger partial charge in [0.1, 0.15) is 5.82 Å². The standard InChI is InChI=1S/C12H18N4/c1-8-5-7-14-12-10(8)15-11(16-12)9(2)4-3-6-13/h5,7,9H,3-4,6,13H2,1-2H3,(H,14,15,16). The van der Waals surface area contributed by atoms with Crippen molar-refractivity contribution in [2.24, 2.45) is 5.73 Å². The van der Waals surface area contributed by atoms with Crippen LogP contribution in [0, 0.1) is 6.92 Å². The van der Waals surface area contributed by atoms with E-state index in [2.05, 4.69) is 28.8 Å². The second-order valence-electron chi connectivity index (χ2n) is 4.28. The Labute approximate surface area is 95.3 Å². The van der Waals surface area contributed by atoms with Gasteiger partial charge >= 0.3 is 0 Å². The maximum Gasteiger partial charge on any atom is 0.177 e. The number of rotatable bonds is 4. The Morgan fingerprint density at radius 2 is 2.31 bits per heavy atom. The normalized spacial score (nSPS) is 13.2. The Morgan fingerprint density at radius 1 is 1.50 bits per heavy atom. The summed E-state index contributed by atoms with van der Waals surface area (Å²) in [5, 5.41) is 0. The Balaban J connectivity index is 2.29. The molecule has 0 aliphatic rings. The minimum Gasteiger partial charge on any atom is -0.340 e. The van der Waals surface area contributed by atoms with E-state index in [1.165, 1.54) is 5.56 Å². The van der Waals surface area contributed by atoms with Gasteiger partial charge in [0.2, 0.25) is 0 Å². The summed E-state index contributed by atoms with van der Waals surface area (Å²) < 4.78 is 0. The van der Waals surface area contributed by atoms with Crippen LogP contribution in [0.25, 0.3) is 11.2 Å². The first-order chi connectivity index (χ1) is 7.72. The molecule has 0 saturated heterocycles. The Morgan fingerprint density at radius 3 is 3.00 bits per heavy atom. The largest absolute Gasteiger partial charge is 0.340 e. The molecule has 2 aromatic rings. The second-order valence-corrected chi connectivity index (χ2v) is 4.28. The van der Waals surface area contributed by atoms with Gasteiger partial charge in [-0.3, -0.25) is 0 Å². The predicted molar refractivity (Wildman–Crippen MR) is 65.3 cm³/mol. The van der Waals surface area contributed by atoms with Crippen LogP contribution in [0.15, 0.2) is 12.3 Å².